The molecule has 0 aromatic carbocycles. The lowest BCUT2D eigenvalue weighted by Gasteiger charge is -2.36. The number of carbonyl (C=O) groups excluding carboxylic acids is 2. The normalized spacial score (nSPS) is 12.3. The summed E-state index contributed by atoms with van der Waals surface area (Å²) in [6, 6.07) is 0. The molecule has 4 nitrogen and oxygen atoms in total. The second-order valence-electron chi connectivity index (χ2n) is 12.7. The van der Waals surface area contributed by atoms with Gasteiger partial charge in [-0.3, -0.25) is 9.59 Å². The lowest BCUT2D eigenvalue weighted by Crippen LogP contribution is -2.40. The first kappa shape index (κ1) is 36.3. The van der Waals surface area contributed by atoms with Gasteiger partial charge in [-0.25, -0.2) is 0 Å². The highest BCUT2D eigenvalue weighted by Crippen LogP contribution is 2.36. The number of carbonyl (C=O) groups is 2. The summed E-state index contributed by atoms with van der Waals surface area (Å²) >= 11 is 0. The summed E-state index contributed by atoms with van der Waals surface area (Å²) in [4.78, 5) is 24.2. The Morgan fingerprint density at radius 2 is 1.16 bits per heavy atom. The fourth-order valence-electron chi connectivity index (χ4n) is 4.43. The van der Waals surface area contributed by atoms with Gasteiger partial charge in [-0.2, -0.15) is 0 Å². The van der Waals surface area contributed by atoms with Crippen LogP contribution in [0.3, 0.4) is 0 Å². The number of rotatable bonds is 25. The number of esters is 1. The van der Waals surface area contributed by atoms with Crippen molar-refractivity contribution >= 4 is 20.1 Å². The Bertz CT molecular complexity index is 558. The fourth-order valence-corrected chi connectivity index (χ4v) is 5.51. The van der Waals surface area contributed by atoms with Crippen molar-refractivity contribution in [2.45, 2.75) is 175 Å². The summed E-state index contributed by atoms with van der Waals surface area (Å²) < 4.78 is 11.7. The van der Waals surface area contributed by atoms with E-state index in [1.54, 1.807) is 0 Å². The molecule has 0 saturated heterocycles. The van der Waals surface area contributed by atoms with E-state index in [-0.39, 0.29) is 11.0 Å². The van der Waals surface area contributed by atoms with Crippen molar-refractivity contribution in [3.63, 3.8) is 0 Å². The third-order valence-corrected chi connectivity index (χ3v) is 12.7. The van der Waals surface area contributed by atoms with Crippen LogP contribution < -0.4 is 0 Å². The van der Waals surface area contributed by atoms with Gasteiger partial charge in [0.1, 0.15) is 5.78 Å². The average Bonchev–Trinajstić information content (AvgIpc) is 2.82. The Balaban J connectivity index is 3.72. The summed E-state index contributed by atoms with van der Waals surface area (Å²) in [5.74, 6) is 1.07. The highest BCUT2D eigenvalue weighted by atomic mass is 28.4. The zero-order valence-corrected chi connectivity index (χ0v) is 27.1. The van der Waals surface area contributed by atoms with E-state index in [4.69, 9.17) is 9.16 Å². The van der Waals surface area contributed by atoms with Crippen LogP contribution in [0.15, 0.2) is 0 Å². The molecule has 0 aliphatic heterocycles. The second kappa shape index (κ2) is 22.2. The topological polar surface area (TPSA) is 52.6 Å². The summed E-state index contributed by atoms with van der Waals surface area (Å²) in [7, 11) is -1.66. The fraction of sp³-hybridized carbons (Fsp3) is 0.938. The van der Waals surface area contributed by atoms with Crippen molar-refractivity contribution in [1.29, 1.82) is 0 Å². The predicted octanol–water partition coefficient (Wildman–Crippen LogP) is 10.2. The van der Waals surface area contributed by atoms with Gasteiger partial charge in [-0.05, 0) is 56.2 Å². The number of ether oxygens (including phenoxy) is 1. The molecule has 0 heterocycles. The first-order valence-corrected chi connectivity index (χ1v) is 18.8. The largest absolute Gasteiger partial charge is 0.466 e. The van der Waals surface area contributed by atoms with Crippen LogP contribution in [-0.4, -0.2) is 33.3 Å². The molecular formula is C32H64O4Si. The maximum atomic E-state index is 12.1. The highest BCUT2D eigenvalue weighted by Gasteiger charge is 2.36. The van der Waals surface area contributed by atoms with E-state index in [2.05, 4.69) is 47.7 Å². The van der Waals surface area contributed by atoms with Crippen molar-refractivity contribution in [1.82, 2.24) is 0 Å². The molecule has 0 N–H and O–H groups in total. The number of hydrogen-bond donors (Lipinski definition) is 0. The molecule has 0 atom stereocenters. The molecule has 0 rings (SSSR count). The van der Waals surface area contributed by atoms with E-state index in [1.807, 2.05) is 0 Å². The standard InChI is InChI=1S/C32H64O4Si/c1-8-10-15-21-29(22-16-11-9-2)26-28-35-31(34)25-18-14-12-13-17-23-30(33)24-19-20-27-36-37(6,7)32(3,4)5/h29H,8-28H2,1-7H3. The molecule has 220 valence electrons. The molecule has 0 spiro atoms. The van der Waals surface area contributed by atoms with E-state index in [9.17, 15) is 9.59 Å². The Morgan fingerprint density at radius 1 is 0.649 bits per heavy atom. The maximum absolute atomic E-state index is 12.1. The molecule has 37 heavy (non-hydrogen) atoms. The van der Waals surface area contributed by atoms with Gasteiger partial charge in [0, 0.05) is 25.9 Å². The number of unbranched alkanes of at least 4 members (excludes halogenated alkanes) is 9. The number of hydrogen-bond acceptors (Lipinski definition) is 4. The van der Waals surface area contributed by atoms with Crippen molar-refractivity contribution in [3.05, 3.63) is 0 Å². The monoisotopic (exact) mass is 540 g/mol. The molecule has 0 unspecified atom stereocenters. The maximum Gasteiger partial charge on any atom is 0.305 e. The van der Waals surface area contributed by atoms with Crippen LogP contribution in [0.4, 0.5) is 0 Å². The summed E-state index contributed by atoms with van der Waals surface area (Å²) in [5.41, 5.74) is 0. The molecule has 0 aliphatic carbocycles. The van der Waals surface area contributed by atoms with Crippen molar-refractivity contribution < 1.29 is 18.8 Å². The van der Waals surface area contributed by atoms with Crippen LogP contribution in [0.2, 0.25) is 18.1 Å². The van der Waals surface area contributed by atoms with Crippen LogP contribution in [0.5, 0.6) is 0 Å². The Morgan fingerprint density at radius 3 is 1.70 bits per heavy atom. The van der Waals surface area contributed by atoms with Gasteiger partial charge in [0.05, 0.1) is 6.61 Å². The zero-order valence-electron chi connectivity index (χ0n) is 26.1. The van der Waals surface area contributed by atoms with E-state index >= 15 is 0 Å². The predicted molar refractivity (Wildman–Crippen MR) is 162 cm³/mol. The van der Waals surface area contributed by atoms with Gasteiger partial charge in [0.2, 0.25) is 0 Å². The first-order chi connectivity index (χ1) is 17.5. The summed E-state index contributed by atoms with van der Waals surface area (Å²) in [5, 5.41) is 0.244. The molecule has 0 aromatic heterocycles. The minimum Gasteiger partial charge on any atom is -0.466 e. The van der Waals surface area contributed by atoms with Gasteiger partial charge < -0.3 is 9.16 Å². The molecule has 0 amide bonds. The summed E-state index contributed by atoms with van der Waals surface area (Å²) in [6.07, 6.45) is 20.3. The smallest absolute Gasteiger partial charge is 0.305 e. The number of ketones is 1. The Labute approximate surface area is 232 Å². The molecule has 0 fully saturated rings. The van der Waals surface area contributed by atoms with Gasteiger partial charge in [0.15, 0.2) is 8.32 Å². The SMILES string of the molecule is CCCCCC(CCCCC)CCOC(=O)CCCCCCCC(=O)CCCCO[Si](C)(C)C(C)(C)C. The van der Waals surface area contributed by atoms with Crippen LogP contribution in [0.25, 0.3) is 0 Å². The van der Waals surface area contributed by atoms with E-state index in [0.717, 1.165) is 58.0 Å². The van der Waals surface area contributed by atoms with Crippen LogP contribution in [0.1, 0.15) is 157 Å². The molecule has 0 saturated carbocycles. The van der Waals surface area contributed by atoms with Gasteiger partial charge in [0.25, 0.3) is 0 Å². The van der Waals surface area contributed by atoms with Crippen molar-refractivity contribution in [2.24, 2.45) is 5.92 Å². The molecule has 0 bridgehead atoms. The minimum atomic E-state index is -1.66. The Hall–Kier alpha value is -0.683. The van der Waals surface area contributed by atoms with Crippen LogP contribution >= 0.6 is 0 Å². The lowest BCUT2D eigenvalue weighted by molar-refractivity contribution is -0.144. The van der Waals surface area contributed by atoms with Crippen LogP contribution in [-0.2, 0) is 18.8 Å². The quantitative estimate of drug-likeness (QED) is 0.0656. The lowest BCUT2D eigenvalue weighted by atomic mass is 9.92. The highest BCUT2D eigenvalue weighted by molar-refractivity contribution is 6.74. The van der Waals surface area contributed by atoms with E-state index in [0.29, 0.717) is 37.6 Å². The zero-order chi connectivity index (χ0) is 28.0. The average molecular weight is 541 g/mol. The third kappa shape index (κ3) is 20.9. The number of Topliss-reactive ketones (excluding diaryl/α,β-unsaturated/α-hetero) is 1. The molecule has 0 radical (unpaired) electrons. The molecular weight excluding hydrogens is 476 g/mol. The minimum absolute atomic E-state index is 0.0337. The van der Waals surface area contributed by atoms with Gasteiger partial charge in [-0.15, -0.1) is 0 Å². The Kier molecular flexibility index (Phi) is 21.8. The third-order valence-electron chi connectivity index (χ3n) is 8.18. The molecule has 0 aromatic rings. The van der Waals surface area contributed by atoms with Crippen molar-refractivity contribution in [3.8, 4) is 0 Å². The first-order valence-electron chi connectivity index (χ1n) is 15.8. The molecule has 0 aliphatic rings. The van der Waals surface area contributed by atoms with Crippen LogP contribution in [0, 0.1) is 5.92 Å². The second-order valence-corrected chi connectivity index (χ2v) is 17.5. The van der Waals surface area contributed by atoms with Gasteiger partial charge >= 0.3 is 5.97 Å². The van der Waals surface area contributed by atoms with E-state index < -0.39 is 8.32 Å². The van der Waals surface area contributed by atoms with Gasteiger partial charge in [-0.1, -0.05) is 105 Å². The van der Waals surface area contributed by atoms with Crippen molar-refractivity contribution in [2.75, 3.05) is 13.2 Å². The summed E-state index contributed by atoms with van der Waals surface area (Å²) in [6.45, 7) is 17.2. The molecule has 5 heteroatoms. The van der Waals surface area contributed by atoms with E-state index in [1.165, 1.54) is 51.4 Å².